The van der Waals surface area contributed by atoms with E-state index in [1.807, 2.05) is 23.6 Å². The first-order valence-corrected chi connectivity index (χ1v) is 9.92. The van der Waals surface area contributed by atoms with Gasteiger partial charge in [0.05, 0.1) is 17.7 Å². The zero-order valence-corrected chi connectivity index (χ0v) is 16.0. The quantitative estimate of drug-likeness (QED) is 0.733. The molecule has 0 saturated heterocycles. The van der Waals surface area contributed by atoms with Crippen LogP contribution in [-0.4, -0.2) is 15.5 Å². The summed E-state index contributed by atoms with van der Waals surface area (Å²) >= 11 is 1.58. The van der Waals surface area contributed by atoms with E-state index in [2.05, 4.69) is 53.0 Å². The van der Waals surface area contributed by atoms with Crippen molar-refractivity contribution in [2.24, 2.45) is 0 Å². The normalized spacial score (nSPS) is 15.5. The molecule has 2 aromatic heterocycles. The van der Waals surface area contributed by atoms with Crippen molar-refractivity contribution >= 4 is 17.2 Å². The van der Waals surface area contributed by atoms with Crippen molar-refractivity contribution in [2.45, 2.75) is 45.1 Å². The van der Waals surface area contributed by atoms with E-state index in [1.54, 1.807) is 11.3 Å². The van der Waals surface area contributed by atoms with Crippen molar-refractivity contribution in [2.75, 3.05) is 0 Å². The molecule has 134 valence electrons. The van der Waals surface area contributed by atoms with Crippen LogP contribution in [-0.2, 0) is 16.8 Å². The minimum absolute atomic E-state index is 0.0475. The average molecular weight is 366 g/mol. The van der Waals surface area contributed by atoms with E-state index >= 15 is 0 Å². The number of amides is 1. The zero-order valence-electron chi connectivity index (χ0n) is 15.2. The number of hydrogen-bond donors (Lipinski definition) is 1. The summed E-state index contributed by atoms with van der Waals surface area (Å²) in [5.41, 5.74) is 4.16. The number of benzene rings is 1. The van der Waals surface area contributed by atoms with Gasteiger partial charge in [-0.15, -0.1) is 11.3 Å². The largest absolute Gasteiger partial charge is 0.346 e. The summed E-state index contributed by atoms with van der Waals surface area (Å²) in [6, 6.07) is 14.5. The highest BCUT2D eigenvalue weighted by atomic mass is 32.1. The molecule has 4 nitrogen and oxygen atoms in total. The van der Waals surface area contributed by atoms with Gasteiger partial charge in [0.25, 0.3) is 0 Å². The van der Waals surface area contributed by atoms with Gasteiger partial charge in [-0.1, -0.05) is 30.3 Å². The number of hydrogen-bond acceptors (Lipinski definition) is 3. The highest BCUT2D eigenvalue weighted by Crippen LogP contribution is 2.41. The van der Waals surface area contributed by atoms with Gasteiger partial charge >= 0.3 is 0 Å². The first-order valence-electron chi connectivity index (χ1n) is 9.04. The summed E-state index contributed by atoms with van der Waals surface area (Å²) < 4.78 is 2.13. The van der Waals surface area contributed by atoms with E-state index in [0.29, 0.717) is 6.42 Å². The zero-order chi connectivity index (χ0) is 18.1. The summed E-state index contributed by atoms with van der Waals surface area (Å²) in [7, 11) is 0. The van der Waals surface area contributed by atoms with E-state index in [0.717, 1.165) is 41.5 Å². The van der Waals surface area contributed by atoms with Crippen LogP contribution in [0.1, 0.15) is 41.9 Å². The van der Waals surface area contributed by atoms with E-state index in [4.69, 9.17) is 0 Å². The highest BCUT2D eigenvalue weighted by molar-refractivity contribution is 7.12. The molecular formula is C21H23N3OS. The third kappa shape index (κ3) is 3.07. The molecule has 0 unspecified atom stereocenters. The Morgan fingerprint density at radius 1 is 1.15 bits per heavy atom. The summed E-state index contributed by atoms with van der Waals surface area (Å²) in [6.07, 6.45) is 3.49. The molecule has 0 radical (unpaired) electrons. The predicted octanol–water partition coefficient (Wildman–Crippen LogP) is 4.29. The maximum Gasteiger partial charge on any atom is 0.226 e. The van der Waals surface area contributed by atoms with Gasteiger partial charge in [-0.2, -0.15) is 0 Å². The molecule has 2 heterocycles. The van der Waals surface area contributed by atoms with Crippen molar-refractivity contribution in [3.05, 3.63) is 70.5 Å². The molecule has 26 heavy (non-hydrogen) atoms. The lowest BCUT2D eigenvalue weighted by Crippen LogP contribution is -2.51. The van der Waals surface area contributed by atoms with E-state index in [9.17, 15) is 4.79 Å². The predicted molar refractivity (Wildman–Crippen MR) is 105 cm³/mol. The Morgan fingerprint density at radius 2 is 1.85 bits per heavy atom. The fourth-order valence-corrected chi connectivity index (χ4v) is 4.64. The van der Waals surface area contributed by atoms with Crippen molar-refractivity contribution in [1.29, 1.82) is 0 Å². The molecule has 1 amide bonds. The van der Waals surface area contributed by atoms with Crippen LogP contribution in [0, 0.1) is 13.8 Å². The molecule has 1 aliphatic rings. The molecule has 0 bridgehead atoms. The molecule has 0 spiro atoms. The van der Waals surface area contributed by atoms with Crippen LogP contribution in [0.15, 0.2) is 47.8 Å². The molecule has 0 aliphatic heterocycles. The van der Waals surface area contributed by atoms with Gasteiger partial charge in [-0.25, -0.2) is 4.98 Å². The fourth-order valence-electron chi connectivity index (χ4n) is 3.70. The molecule has 1 aromatic carbocycles. The van der Waals surface area contributed by atoms with E-state index in [-0.39, 0.29) is 11.4 Å². The smallest absolute Gasteiger partial charge is 0.226 e. The standard InChI is InChI=1S/C21H23N3OS/c1-15-9-10-16(2)24(15)20-22-18(14-26-20)13-19(25)23-21(11-6-12-21)17-7-4-3-5-8-17/h3-5,7-10,14H,6,11-13H2,1-2H3,(H,23,25). The maximum absolute atomic E-state index is 12.7. The van der Waals surface area contributed by atoms with Crippen LogP contribution in [0.5, 0.6) is 0 Å². The molecular weight excluding hydrogens is 342 g/mol. The molecule has 4 rings (SSSR count). The Balaban J connectivity index is 1.47. The molecule has 1 saturated carbocycles. The number of rotatable bonds is 5. The van der Waals surface area contributed by atoms with Crippen molar-refractivity contribution in [3.8, 4) is 5.13 Å². The third-order valence-electron chi connectivity index (χ3n) is 5.26. The SMILES string of the molecule is Cc1ccc(C)n1-c1nc(CC(=O)NC2(c3ccccc3)CCC2)cs1. The Bertz CT molecular complexity index is 902. The third-order valence-corrected chi connectivity index (χ3v) is 6.13. The average Bonchev–Trinajstić information content (AvgIpc) is 3.18. The van der Waals surface area contributed by atoms with Crippen LogP contribution in [0.4, 0.5) is 0 Å². The van der Waals surface area contributed by atoms with Crippen molar-refractivity contribution < 1.29 is 4.79 Å². The maximum atomic E-state index is 12.7. The summed E-state index contributed by atoms with van der Waals surface area (Å²) in [4.78, 5) is 17.4. The minimum atomic E-state index is -0.190. The van der Waals surface area contributed by atoms with Gasteiger partial charge in [0.15, 0.2) is 5.13 Å². The van der Waals surface area contributed by atoms with Gasteiger partial charge in [0.1, 0.15) is 0 Å². The monoisotopic (exact) mass is 365 g/mol. The number of carbonyl (C=O) groups excluding carboxylic acids is 1. The fraction of sp³-hybridized carbons (Fsp3) is 0.333. The van der Waals surface area contributed by atoms with Crippen LogP contribution in [0.2, 0.25) is 0 Å². The Labute approximate surface area is 157 Å². The lowest BCUT2D eigenvalue weighted by molar-refractivity contribution is -0.123. The lowest BCUT2D eigenvalue weighted by Gasteiger charge is -2.43. The van der Waals surface area contributed by atoms with Gasteiger partial charge in [0.2, 0.25) is 5.91 Å². The van der Waals surface area contributed by atoms with Crippen molar-refractivity contribution in [3.63, 3.8) is 0 Å². The number of nitrogens with one attached hydrogen (secondary N) is 1. The minimum Gasteiger partial charge on any atom is -0.346 e. The number of aromatic nitrogens is 2. The summed E-state index contributed by atoms with van der Waals surface area (Å²) in [5.74, 6) is 0.0475. The summed E-state index contributed by atoms with van der Waals surface area (Å²) in [5, 5.41) is 6.20. The van der Waals surface area contributed by atoms with Gasteiger partial charge in [-0.3, -0.25) is 9.36 Å². The second-order valence-electron chi connectivity index (χ2n) is 7.10. The Morgan fingerprint density at radius 3 is 2.46 bits per heavy atom. The Kier molecular flexibility index (Phi) is 4.41. The molecule has 1 aliphatic carbocycles. The van der Waals surface area contributed by atoms with Crippen LogP contribution < -0.4 is 5.32 Å². The van der Waals surface area contributed by atoms with Crippen LogP contribution in [0.3, 0.4) is 0 Å². The Hall–Kier alpha value is -2.40. The second-order valence-corrected chi connectivity index (χ2v) is 7.94. The highest BCUT2D eigenvalue weighted by Gasteiger charge is 2.39. The van der Waals surface area contributed by atoms with Gasteiger partial charge in [-0.05, 0) is 50.8 Å². The van der Waals surface area contributed by atoms with E-state index < -0.39 is 0 Å². The van der Waals surface area contributed by atoms with Crippen LogP contribution >= 0.6 is 11.3 Å². The number of nitrogens with zero attached hydrogens (tertiary/aromatic N) is 2. The molecule has 3 aromatic rings. The van der Waals surface area contributed by atoms with Gasteiger partial charge in [0, 0.05) is 16.8 Å². The molecule has 0 atom stereocenters. The number of carbonyl (C=O) groups is 1. The first kappa shape index (κ1) is 17.0. The lowest BCUT2D eigenvalue weighted by atomic mass is 9.71. The molecule has 5 heteroatoms. The molecule has 1 fully saturated rings. The molecule has 1 N–H and O–H groups in total. The topological polar surface area (TPSA) is 46.9 Å². The first-order chi connectivity index (χ1) is 12.6. The van der Waals surface area contributed by atoms with Crippen LogP contribution in [0.25, 0.3) is 5.13 Å². The van der Waals surface area contributed by atoms with E-state index in [1.165, 1.54) is 5.56 Å². The summed E-state index contributed by atoms with van der Waals surface area (Å²) in [6.45, 7) is 4.14. The second kappa shape index (κ2) is 6.72. The van der Waals surface area contributed by atoms with Gasteiger partial charge < -0.3 is 5.32 Å². The number of aryl methyl sites for hydroxylation is 2. The van der Waals surface area contributed by atoms with Crippen molar-refractivity contribution in [1.82, 2.24) is 14.9 Å². The number of thiazole rings is 1.